The van der Waals surface area contributed by atoms with Crippen LogP contribution in [-0.4, -0.2) is 44.9 Å². The van der Waals surface area contributed by atoms with Gasteiger partial charge in [0.05, 0.1) is 10.5 Å². The van der Waals surface area contributed by atoms with Crippen molar-refractivity contribution in [1.29, 1.82) is 0 Å². The van der Waals surface area contributed by atoms with Crippen molar-refractivity contribution in [3.05, 3.63) is 29.8 Å². The molecule has 0 amide bonds. The number of hydrogen-bond acceptors (Lipinski definition) is 7. The van der Waals surface area contributed by atoms with Crippen LogP contribution in [0.15, 0.2) is 29.2 Å². The van der Waals surface area contributed by atoms with E-state index in [1.165, 1.54) is 32.9 Å². The lowest BCUT2D eigenvalue weighted by atomic mass is 10.3. The fraction of sp³-hybridized carbons (Fsp3) is 0.533. The molecule has 0 heterocycles. The van der Waals surface area contributed by atoms with Gasteiger partial charge >= 0.3 is 14.5 Å². The summed E-state index contributed by atoms with van der Waals surface area (Å²) >= 11 is 0. The fourth-order valence-electron chi connectivity index (χ4n) is 1.85. The van der Waals surface area contributed by atoms with Crippen LogP contribution in [0.4, 0.5) is 0 Å². The van der Waals surface area contributed by atoms with Gasteiger partial charge in [-0.05, 0) is 39.3 Å². The first kappa shape index (κ1) is 23.3. The molecule has 1 aromatic rings. The molecule has 1 aromatic carbocycles. The van der Waals surface area contributed by atoms with E-state index >= 15 is 0 Å². The number of rotatable bonds is 6. The van der Waals surface area contributed by atoms with E-state index in [1.54, 1.807) is 6.92 Å². The summed E-state index contributed by atoms with van der Waals surface area (Å²) in [6, 6.07) is 4.65. The van der Waals surface area contributed by atoms with Crippen molar-refractivity contribution in [1.82, 2.24) is 0 Å². The van der Waals surface area contributed by atoms with Crippen molar-refractivity contribution in [2.24, 2.45) is 0 Å². The number of nitrogens with zero attached hydrogens (tertiary/aromatic N) is 2. The van der Waals surface area contributed by atoms with Gasteiger partial charge in [0.1, 0.15) is 4.90 Å². The van der Waals surface area contributed by atoms with Crippen LogP contribution in [-0.2, 0) is 29.8 Å². The van der Waals surface area contributed by atoms with Crippen LogP contribution in [0.5, 0.6) is 5.75 Å². The highest BCUT2D eigenvalue weighted by atomic mass is 32.3. The monoisotopic (exact) mass is 438 g/mol. The van der Waals surface area contributed by atoms with Crippen molar-refractivity contribution >= 4 is 34.2 Å². The summed E-state index contributed by atoms with van der Waals surface area (Å²) in [5.74, 6) is -0.905. The highest BCUT2D eigenvalue weighted by molar-refractivity contribution is 8.31. The zero-order valence-electron chi connectivity index (χ0n) is 15.4. The molecule has 0 spiro atoms. The van der Waals surface area contributed by atoms with Crippen LogP contribution in [0.25, 0.3) is 5.53 Å². The maximum absolute atomic E-state index is 12.8. The predicted octanol–water partition coefficient (Wildman–Crippen LogP) is 1.77. The van der Waals surface area contributed by atoms with Gasteiger partial charge in [0.15, 0.2) is 5.75 Å². The molecular formula is C15H22N2O7S3. The summed E-state index contributed by atoms with van der Waals surface area (Å²) in [6.07, 6.45) is 0.882. The minimum absolute atomic E-state index is 0.305. The molecule has 12 heteroatoms. The highest BCUT2D eigenvalue weighted by Crippen LogP contribution is 2.30. The minimum Gasteiger partial charge on any atom is -0.381 e. The van der Waals surface area contributed by atoms with E-state index in [4.69, 9.17) is 9.71 Å². The maximum Gasteiger partial charge on any atom is 0.500 e. The third-order valence-corrected chi connectivity index (χ3v) is 9.60. The molecule has 0 atom stereocenters. The van der Waals surface area contributed by atoms with Gasteiger partial charge in [0.25, 0.3) is 19.7 Å². The van der Waals surface area contributed by atoms with E-state index < -0.39 is 49.6 Å². The lowest BCUT2D eigenvalue weighted by molar-refractivity contribution is 0.00365. The summed E-state index contributed by atoms with van der Waals surface area (Å²) in [5, 5.41) is 0. The normalized spacial score (nSPS) is 13.0. The molecule has 152 valence electrons. The van der Waals surface area contributed by atoms with E-state index in [1.807, 2.05) is 0 Å². The lowest BCUT2D eigenvalue weighted by Crippen LogP contribution is -2.39. The standard InChI is InChI=1S/C15H22N2O7S3/c1-5-6-11-25(18,19)24-12-9-7-8-10-13(12)26(20,21)14(17-16)27(22,23)15(2,3)4/h7-10H,5-6,11H2,1-4H3. The molecule has 27 heavy (non-hydrogen) atoms. The minimum atomic E-state index is -4.89. The predicted molar refractivity (Wildman–Crippen MR) is 100 cm³/mol. The maximum atomic E-state index is 12.8. The molecule has 0 N–H and O–H groups in total. The Kier molecular flexibility index (Phi) is 6.98. The Hall–Kier alpha value is -1.75. The molecule has 0 bridgehead atoms. The van der Waals surface area contributed by atoms with Crippen molar-refractivity contribution in [3.8, 4) is 5.75 Å². The Labute approximate surface area is 159 Å². The SMILES string of the molecule is CCCCS(=O)(=O)Oc1ccccc1S(=O)(=O)C(=[N+]=[N-])S(=O)(=O)C(C)(C)C. The second-order valence-corrected chi connectivity index (χ2v) is 13.0. The molecule has 0 radical (unpaired) electrons. The van der Waals surface area contributed by atoms with E-state index in [0.29, 0.717) is 12.8 Å². The Morgan fingerprint density at radius 2 is 1.63 bits per heavy atom. The quantitative estimate of drug-likeness (QED) is 0.216. The van der Waals surface area contributed by atoms with Crippen LogP contribution < -0.4 is 4.18 Å². The number of hydrogen-bond donors (Lipinski definition) is 0. The molecule has 0 aromatic heterocycles. The van der Waals surface area contributed by atoms with Crippen molar-refractivity contribution in [2.75, 3.05) is 5.75 Å². The zero-order chi connectivity index (χ0) is 21.1. The first-order valence-corrected chi connectivity index (χ1v) is 12.5. The van der Waals surface area contributed by atoms with Gasteiger partial charge in [0, 0.05) is 0 Å². The second-order valence-electron chi connectivity index (χ2n) is 6.63. The third-order valence-electron chi connectivity index (χ3n) is 3.45. The molecule has 9 nitrogen and oxygen atoms in total. The zero-order valence-corrected chi connectivity index (χ0v) is 17.9. The van der Waals surface area contributed by atoms with E-state index in [9.17, 15) is 25.3 Å². The van der Waals surface area contributed by atoms with Crippen molar-refractivity contribution < 1.29 is 34.2 Å². The van der Waals surface area contributed by atoms with Crippen LogP contribution in [0.2, 0.25) is 0 Å². The summed E-state index contributed by atoms with van der Waals surface area (Å²) in [6.45, 7) is 5.48. The highest BCUT2D eigenvalue weighted by Gasteiger charge is 2.50. The smallest absolute Gasteiger partial charge is 0.381 e. The first-order valence-electron chi connectivity index (χ1n) is 7.93. The largest absolute Gasteiger partial charge is 0.500 e. The van der Waals surface area contributed by atoms with Gasteiger partial charge in [-0.25, -0.2) is 16.8 Å². The van der Waals surface area contributed by atoms with Crippen LogP contribution in [0.1, 0.15) is 40.5 Å². The molecule has 0 saturated carbocycles. The van der Waals surface area contributed by atoms with Crippen LogP contribution >= 0.6 is 0 Å². The fourth-order valence-corrected chi connectivity index (χ4v) is 6.78. The Morgan fingerprint density at radius 1 is 1.07 bits per heavy atom. The molecule has 0 aliphatic rings. The van der Waals surface area contributed by atoms with Crippen molar-refractivity contribution in [2.45, 2.75) is 50.2 Å². The van der Waals surface area contributed by atoms with Crippen molar-refractivity contribution in [3.63, 3.8) is 0 Å². The van der Waals surface area contributed by atoms with Gasteiger partial charge in [-0.3, -0.25) is 0 Å². The molecule has 0 fully saturated rings. The first-order chi connectivity index (χ1) is 12.2. The number of benzene rings is 1. The van der Waals surface area contributed by atoms with Crippen LogP contribution in [0.3, 0.4) is 0 Å². The summed E-state index contributed by atoms with van der Waals surface area (Å²) < 4.78 is 76.5. The summed E-state index contributed by atoms with van der Waals surface area (Å²) in [5.41, 5.74) is 9.13. The van der Waals surface area contributed by atoms with Gasteiger partial charge < -0.3 is 9.71 Å². The van der Waals surface area contributed by atoms with Gasteiger partial charge in [-0.1, -0.05) is 25.5 Å². The molecule has 1 rings (SSSR count). The molecule has 0 unspecified atom stereocenters. The molecule has 0 saturated heterocycles. The lowest BCUT2D eigenvalue weighted by Gasteiger charge is -2.16. The van der Waals surface area contributed by atoms with Gasteiger partial charge in [-0.15, -0.1) is 4.79 Å². The molecular weight excluding hydrogens is 416 g/mol. The Bertz CT molecular complexity index is 1060. The van der Waals surface area contributed by atoms with E-state index in [-0.39, 0.29) is 5.75 Å². The molecule has 0 aliphatic heterocycles. The van der Waals surface area contributed by atoms with E-state index in [2.05, 4.69) is 4.79 Å². The molecule has 0 aliphatic carbocycles. The third kappa shape index (κ3) is 5.16. The summed E-state index contributed by atoms with van der Waals surface area (Å²) in [4.78, 5) is 1.77. The topological polar surface area (TPSA) is 148 Å². The van der Waals surface area contributed by atoms with Gasteiger partial charge in [-0.2, -0.15) is 8.42 Å². The number of sulfone groups is 2. The van der Waals surface area contributed by atoms with Crippen LogP contribution in [0, 0.1) is 0 Å². The van der Waals surface area contributed by atoms with Gasteiger partial charge in [0.2, 0.25) is 0 Å². The Balaban J connectivity index is 3.57. The summed E-state index contributed by atoms with van der Waals surface area (Å²) in [7, 11) is -13.5. The average molecular weight is 439 g/mol. The average Bonchev–Trinajstić information content (AvgIpc) is 2.52. The Morgan fingerprint density at radius 3 is 2.11 bits per heavy atom. The number of para-hydroxylation sites is 1. The number of unbranched alkanes of at least 4 members (excludes halogenated alkanes) is 1. The van der Waals surface area contributed by atoms with E-state index in [0.717, 1.165) is 12.1 Å². The second kappa shape index (κ2) is 8.09.